The highest BCUT2D eigenvalue weighted by Crippen LogP contribution is 2.48. The Morgan fingerprint density at radius 3 is 2.04 bits per heavy atom. The highest BCUT2D eigenvalue weighted by molar-refractivity contribution is 6.99. The second-order valence-electron chi connectivity index (χ2n) is 15.1. The maximum Gasteiger partial charge on any atom is 0.261 e. The lowest BCUT2D eigenvalue weighted by Gasteiger charge is -2.44. The third-order valence-electron chi connectivity index (χ3n) is 10.7. The summed E-state index contributed by atoms with van der Waals surface area (Å²) in [4.78, 5) is 29.5. The Bertz CT molecular complexity index is 1900. The van der Waals surface area contributed by atoms with E-state index in [4.69, 9.17) is 4.43 Å². The molecule has 6 rings (SSSR count). The number of para-hydroxylation sites is 1. The van der Waals surface area contributed by atoms with Crippen molar-refractivity contribution in [1.29, 1.82) is 0 Å². The largest absolute Gasteiger partial charge is 0.508 e. The summed E-state index contributed by atoms with van der Waals surface area (Å²) >= 11 is 0. The van der Waals surface area contributed by atoms with Crippen LogP contribution in [-0.2, 0) is 14.0 Å². The van der Waals surface area contributed by atoms with Crippen LogP contribution in [0.15, 0.2) is 132 Å². The van der Waals surface area contributed by atoms with Crippen LogP contribution in [-0.4, -0.2) is 54.8 Å². The molecule has 270 valence electrons. The molecule has 0 bridgehead atoms. The number of benzene rings is 4. The number of carbonyl (C=O) groups excluding carboxylic acids is 2. The Morgan fingerprint density at radius 1 is 0.885 bits per heavy atom. The van der Waals surface area contributed by atoms with Crippen molar-refractivity contribution in [1.82, 2.24) is 0 Å². The van der Waals surface area contributed by atoms with Gasteiger partial charge in [-0.3, -0.25) is 14.5 Å². The first kappa shape index (κ1) is 37.2. The van der Waals surface area contributed by atoms with Crippen molar-refractivity contribution in [2.75, 3.05) is 18.1 Å². The average Bonchev–Trinajstić information content (AvgIpc) is 3.39. The Kier molecular flexibility index (Phi) is 11.1. The van der Waals surface area contributed by atoms with Gasteiger partial charge in [-0.05, 0) is 82.6 Å². The Morgan fingerprint density at radius 2 is 1.48 bits per heavy atom. The zero-order valence-electron chi connectivity index (χ0n) is 30.4. The first-order valence-electron chi connectivity index (χ1n) is 18.1. The number of amides is 2. The summed E-state index contributed by atoms with van der Waals surface area (Å²) < 4.78 is 7.36. The molecule has 0 unspecified atom stereocenters. The topological polar surface area (TPSA) is 107 Å². The fraction of sp³-hybridized carbons (Fsp3) is 0.318. The minimum atomic E-state index is -3.01. The number of phenolic OH excluding ortho intramolecular Hbond substituents is 1. The van der Waals surface area contributed by atoms with Crippen LogP contribution in [0.3, 0.4) is 0 Å². The Labute approximate surface area is 308 Å². The van der Waals surface area contributed by atoms with Gasteiger partial charge in [0, 0.05) is 5.92 Å². The molecule has 0 radical (unpaired) electrons. The molecular formula is C44H49NO6Si. The predicted molar refractivity (Wildman–Crippen MR) is 209 cm³/mol. The highest BCUT2D eigenvalue weighted by Gasteiger charge is 2.56. The Balaban J connectivity index is 1.41. The number of hydrogen-bond acceptors (Lipinski definition) is 6. The third-order valence-corrected chi connectivity index (χ3v) is 15.7. The van der Waals surface area contributed by atoms with Crippen LogP contribution < -0.4 is 15.3 Å². The fourth-order valence-electron chi connectivity index (χ4n) is 8.37. The number of anilines is 1. The molecular weight excluding hydrogens is 667 g/mol. The molecule has 0 saturated carbocycles. The lowest BCUT2D eigenvalue weighted by atomic mass is 9.68. The van der Waals surface area contributed by atoms with Gasteiger partial charge < -0.3 is 19.7 Å². The monoisotopic (exact) mass is 715 g/mol. The molecule has 4 aromatic rings. The molecule has 52 heavy (non-hydrogen) atoms. The number of nitrogens with zero attached hydrogens (tertiary/aromatic N) is 1. The molecule has 7 nitrogen and oxygen atoms in total. The van der Waals surface area contributed by atoms with Gasteiger partial charge in [0.1, 0.15) is 5.75 Å². The van der Waals surface area contributed by atoms with E-state index < -0.39 is 38.8 Å². The number of aromatic hydroxyl groups is 1. The molecule has 4 aromatic carbocycles. The quantitative estimate of drug-likeness (QED) is 0.0865. The summed E-state index contributed by atoms with van der Waals surface area (Å²) in [5.41, 5.74) is 3.74. The second-order valence-corrected chi connectivity index (χ2v) is 19.4. The van der Waals surface area contributed by atoms with E-state index in [9.17, 15) is 24.9 Å². The van der Waals surface area contributed by atoms with E-state index >= 15 is 0 Å². The number of fused-ring (bicyclic) bond motifs is 1. The van der Waals surface area contributed by atoms with Crippen LogP contribution in [0, 0.1) is 17.8 Å². The van der Waals surface area contributed by atoms with E-state index in [1.165, 1.54) is 4.90 Å². The van der Waals surface area contributed by atoms with Crippen molar-refractivity contribution in [2.45, 2.75) is 58.1 Å². The smallest absolute Gasteiger partial charge is 0.261 e. The lowest BCUT2D eigenvalue weighted by molar-refractivity contribution is -0.123. The van der Waals surface area contributed by atoms with Crippen molar-refractivity contribution < 1.29 is 29.3 Å². The molecule has 0 aromatic heterocycles. The van der Waals surface area contributed by atoms with E-state index in [2.05, 4.69) is 45.0 Å². The van der Waals surface area contributed by atoms with E-state index in [0.29, 0.717) is 24.1 Å². The zero-order valence-corrected chi connectivity index (χ0v) is 31.4. The summed E-state index contributed by atoms with van der Waals surface area (Å²) in [5.74, 6) is -2.71. The van der Waals surface area contributed by atoms with E-state index in [1.807, 2.05) is 61.5 Å². The van der Waals surface area contributed by atoms with Gasteiger partial charge in [-0.25, -0.2) is 0 Å². The fourth-order valence-corrected chi connectivity index (χ4v) is 12.9. The molecule has 0 spiro atoms. The normalized spacial score (nSPS) is 20.3. The van der Waals surface area contributed by atoms with E-state index in [-0.39, 0.29) is 35.6 Å². The number of aliphatic hydroxyl groups is 2. The van der Waals surface area contributed by atoms with Gasteiger partial charge in [0.2, 0.25) is 11.8 Å². The molecule has 1 heterocycles. The van der Waals surface area contributed by atoms with Gasteiger partial charge in [0.25, 0.3) is 8.32 Å². The zero-order chi connectivity index (χ0) is 37.0. The molecule has 1 saturated heterocycles. The van der Waals surface area contributed by atoms with Gasteiger partial charge in [-0.15, -0.1) is 0 Å². The van der Waals surface area contributed by atoms with E-state index in [1.54, 1.807) is 42.5 Å². The van der Waals surface area contributed by atoms with Gasteiger partial charge in [-0.1, -0.05) is 123 Å². The highest BCUT2D eigenvalue weighted by atomic mass is 28.4. The number of rotatable bonds is 12. The van der Waals surface area contributed by atoms with Crippen molar-refractivity contribution in [3.05, 3.63) is 138 Å². The van der Waals surface area contributed by atoms with Gasteiger partial charge in [-0.2, -0.15) is 0 Å². The number of allylic oxidation sites excluding steroid dienone is 1. The minimum Gasteiger partial charge on any atom is -0.508 e. The minimum absolute atomic E-state index is 0.143. The molecule has 8 heteroatoms. The van der Waals surface area contributed by atoms with Crippen molar-refractivity contribution in [3.63, 3.8) is 0 Å². The summed E-state index contributed by atoms with van der Waals surface area (Å²) in [6.07, 6.45) is 2.12. The van der Waals surface area contributed by atoms with Crippen molar-refractivity contribution in [2.24, 2.45) is 17.8 Å². The molecule has 1 aliphatic carbocycles. The summed E-state index contributed by atoms with van der Waals surface area (Å²) in [6, 6.07) is 36.6. The average molecular weight is 716 g/mol. The summed E-state index contributed by atoms with van der Waals surface area (Å²) in [6.45, 7) is 8.34. The van der Waals surface area contributed by atoms with Crippen LogP contribution in [0.5, 0.6) is 5.75 Å². The number of carbonyl (C=O) groups is 2. The van der Waals surface area contributed by atoms with Crippen LogP contribution in [0.2, 0.25) is 5.04 Å². The van der Waals surface area contributed by atoms with E-state index in [0.717, 1.165) is 27.1 Å². The standard InChI is InChI=1S/C44H49NO6Si/c1-30(25-31-15-14-18-34(47)26-31)23-24-39(48)40-32(27-37-41(38(40)28-46)43(50)45(42(37)49)33-16-8-5-9-17-33)29-51-52(44(2,3)4,35-19-10-6-11-20-35)36-21-12-7-13-22-36/h5-22,25-26,37-39,41,46-48H,23-24,27-29H2,1-4H3/b30-25+/t37-,38+,39-,41-/m1/s1. The number of hydrogen-bond donors (Lipinski definition) is 3. The number of phenols is 1. The van der Waals surface area contributed by atoms with Crippen molar-refractivity contribution >= 4 is 42.3 Å². The van der Waals surface area contributed by atoms with Gasteiger partial charge in [0.15, 0.2) is 0 Å². The Hall–Kier alpha value is -4.60. The third kappa shape index (κ3) is 7.21. The summed E-state index contributed by atoms with van der Waals surface area (Å²) in [5, 5.41) is 35.0. The SMILES string of the molecule is C/C(=C\c1cccc(O)c1)CC[C@@H](O)C1=C(CO[Si](c2ccccc2)(c2ccccc2)C(C)(C)C)C[C@H]2C(=O)N(c3ccccc3)C(=O)[C@H]2[C@H]1CO. The first-order valence-corrected chi connectivity index (χ1v) is 20.0. The van der Waals surface area contributed by atoms with Crippen LogP contribution in [0.25, 0.3) is 6.08 Å². The predicted octanol–water partition coefficient (Wildman–Crippen LogP) is 6.63. The number of imide groups is 1. The molecule has 1 aliphatic heterocycles. The molecule has 3 N–H and O–H groups in total. The van der Waals surface area contributed by atoms with Crippen LogP contribution >= 0.6 is 0 Å². The molecule has 2 aliphatic rings. The molecule has 2 amide bonds. The summed E-state index contributed by atoms with van der Waals surface area (Å²) in [7, 11) is -3.01. The number of aliphatic hydroxyl groups excluding tert-OH is 2. The van der Waals surface area contributed by atoms with Crippen molar-refractivity contribution in [3.8, 4) is 5.75 Å². The molecule has 1 fully saturated rings. The second kappa shape index (κ2) is 15.6. The maximum absolute atomic E-state index is 14.1. The van der Waals surface area contributed by atoms with Crippen LogP contribution in [0.1, 0.15) is 52.5 Å². The first-order chi connectivity index (χ1) is 25.0. The van der Waals surface area contributed by atoms with Gasteiger partial charge >= 0.3 is 0 Å². The molecule has 4 atom stereocenters. The maximum atomic E-state index is 14.1. The van der Waals surface area contributed by atoms with Crippen LogP contribution in [0.4, 0.5) is 5.69 Å². The van der Waals surface area contributed by atoms with Gasteiger partial charge in [0.05, 0.1) is 36.8 Å². The lowest BCUT2D eigenvalue weighted by Crippen LogP contribution is -2.66.